The summed E-state index contributed by atoms with van der Waals surface area (Å²) in [6.07, 6.45) is 3.94. The van der Waals surface area contributed by atoms with Crippen molar-refractivity contribution in [1.82, 2.24) is 15.1 Å². The number of nitrogens with one attached hydrogen (secondary N) is 1. The van der Waals surface area contributed by atoms with Gasteiger partial charge in [-0.1, -0.05) is 13.8 Å². The minimum atomic E-state index is 0.0236. The van der Waals surface area contributed by atoms with Crippen LogP contribution in [0.15, 0.2) is 0 Å². The second kappa shape index (κ2) is 4.49. The van der Waals surface area contributed by atoms with Crippen LogP contribution in [0.4, 0.5) is 0 Å². The average molecular weight is 251 g/mol. The second-order valence-corrected chi connectivity index (χ2v) is 6.41. The Hall–Kier alpha value is -0.610. The quantitative estimate of drug-likeness (QED) is 0.796. The molecule has 3 saturated heterocycles. The maximum absolute atomic E-state index is 12.6. The lowest BCUT2D eigenvalue weighted by molar-refractivity contribution is -0.133. The third kappa shape index (κ3) is 1.77. The largest absolute Gasteiger partial charge is 0.321 e. The van der Waals surface area contributed by atoms with Gasteiger partial charge < -0.3 is 4.90 Å². The molecule has 4 unspecified atom stereocenters. The summed E-state index contributed by atoms with van der Waals surface area (Å²) in [6, 6.07) is 1.10. The van der Waals surface area contributed by atoms with Gasteiger partial charge in [0.1, 0.15) is 0 Å². The van der Waals surface area contributed by atoms with Crippen molar-refractivity contribution in [2.24, 2.45) is 5.92 Å². The summed E-state index contributed by atoms with van der Waals surface area (Å²) in [6.45, 7) is 8.80. The van der Waals surface area contributed by atoms with Crippen molar-refractivity contribution in [3.63, 3.8) is 0 Å². The minimum Gasteiger partial charge on any atom is -0.321 e. The fourth-order valence-electron chi connectivity index (χ4n) is 4.07. The molecule has 0 aromatic carbocycles. The molecule has 0 aromatic rings. The Kier molecular flexibility index (Phi) is 3.10. The van der Waals surface area contributed by atoms with Crippen molar-refractivity contribution in [1.29, 1.82) is 0 Å². The van der Waals surface area contributed by atoms with Crippen LogP contribution in [0.2, 0.25) is 0 Å². The molecule has 3 aliphatic rings. The normalized spacial score (nSPS) is 41.1. The van der Waals surface area contributed by atoms with Crippen LogP contribution >= 0.6 is 0 Å². The van der Waals surface area contributed by atoms with Gasteiger partial charge >= 0.3 is 0 Å². The Bertz CT molecular complexity index is 344. The minimum absolute atomic E-state index is 0.0236. The molecule has 0 bridgehead atoms. The Morgan fingerprint density at radius 1 is 1.22 bits per heavy atom. The predicted molar refractivity (Wildman–Crippen MR) is 71.1 cm³/mol. The second-order valence-electron chi connectivity index (χ2n) is 6.41. The topological polar surface area (TPSA) is 35.6 Å². The first-order valence-corrected chi connectivity index (χ1v) is 7.42. The first kappa shape index (κ1) is 12.4. The summed E-state index contributed by atoms with van der Waals surface area (Å²) >= 11 is 0. The number of carbonyl (C=O) groups is 1. The van der Waals surface area contributed by atoms with Crippen LogP contribution < -0.4 is 5.32 Å². The molecule has 3 rings (SSSR count). The highest BCUT2D eigenvalue weighted by molar-refractivity contribution is 5.85. The smallest absolute Gasteiger partial charge is 0.241 e. The van der Waals surface area contributed by atoms with Gasteiger partial charge in [0, 0.05) is 12.6 Å². The van der Waals surface area contributed by atoms with Gasteiger partial charge in [-0.3, -0.25) is 15.0 Å². The number of hydrogen-bond acceptors (Lipinski definition) is 3. The van der Waals surface area contributed by atoms with Gasteiger partial charge in [-0.05, 0) is 38.6 Å². The van der Waals surface area contributed by atoms with Gasteiger partial charge in [0.05, 0.1) is 18.2 Å². The molecule has 3 fully saturated rings. The van der Waals surface area contributed by atoms with Crippen LogP contribution in [0.1, 0.15) is 40.0 Å². The summed E-state index contributed by atoms with van der Waals surface area (Å²) in [7, 11) is 0. The average Bonchev–Trinajstić information content (AvgIpc) is 2.94. The zero-order chi connectivity index (χ0) is 12.9. The van der Waals surface area contributed by atoms with Crippen molar-refractivity contribution >= 4 is 5.91 Å². The van der Waals surface area contributed by atoms with Crippen molar-refractivity contribution < 1.29 is 4.79 Å². The lowest BCUT2D eigenvalue weighted by atomic mass is 10.0. The third-order valence-corrected chi connectivity index (χ3v) is 4.95. The van der Waals surface area contributed by atoms with E-state index in [0.29, 0.717) is 23.9 Å². The van der Waals surface area contributed by atoms with Crippen LogP contribution in [-0.4, -0.2) is 53.1 Å². The molecule has 1 N–H and O–H groups in total. The van der Waals surface area contributed by atoms with Crippen LogP contribution in [0.5, 0.6) is 0 Å². The van der Waals surface area contributed by atoms with Crippen molar-refractivity contribution in [3.05, 3.63) is 0 Å². The summed E-state index contributed by atoms with van der Waals surface area (Å²) in [5.41, 5.74) is 0. The Labute approximate surface area is 110 Å². The van der Waals surface area contributed by atoms with Crippen LogP contribution in [0, 0.1) is 5.92 Å². The Morgan fingerprint density at radius 3 is 2.67 bits per heavy atom. The molecule has 4 heteroatoms. The Morgan fingerprint density at radius 2 is 2.00 bits per heavy atom. The highest BCUT2D eigenvalue weighted by Crippen LogP contribution is 2.34. The van der Waals surface area contributed by atoms with E-state index in [2.05, 4.69) is 35.9 Å². The van der Waals surface area contributed by atoms with E-state index in [1.807, 2.05) is 0 Å². The summed E-state index contributed by atoms with van der Waals surface area (Å²) in [4.78, 5) is 17.3. The number of amides is 1. The third-order valence-electron chi connectivity index (χ3n) is 4.95. The molecule has 0 aromatic heterocycles. The highest BCUT2D eigenvalue weighted by atomic mass is 16.2. The van der Waals surface area contributed by atoms with E-state index in [1.54, 1.807) is 0 Å². The standard InChI is InChI=1S/C14H25N3O/c1-9(2)13-14(18)17(10(3)15-13)12-6-8-16-7-4-5-11(12)16/h9-13,15H,4-8H2,1-3H3. The molecular formula is C14H25N3O. The number of carbonyl (C=O) groups excluding carboxylic acids is 1. The molecule has 4 atom stereocenters. The highest BCUT2D eigenvalue weighted by Gasteiger charge is 2.48. The van der Waals surface area contributed by atoms with E-state index >= 15 is 0 Å². The molecule has 1 amide bonds. The molecule has 102 valence electrons. The monoisotopic (exact) mass is 251 g/mol. The lowest BCUT2D eigenvalue weighted by Gasteiger charge is -2.32. The van der Waals surface area contributed by atoms with Crippen molar-refractivity contribution in [3.8, 4) is 0 Å². The van der Waals surface area contributed by atoms with Gasteiger partial charge in [-0.2, -0.15) is 0 Å². The Balaban J connectivity index is 1.78. The van der Waals surface area contributed by atoms with E-state index in [4.69, 9.17) is 0 Å². The van der Waals surface area contributed by atoms with Crippen molar-refractivity contribution in [2.75, 3.05) is 13.1 Å². The molecule has 18 heavy (non-hydrogen) atoms. The molecule has 0 aliphatic carbocycles. The summed E-state index contributed by atoms with van der Waals surface area (Å²) in [5.74, 6) is 0.710. The molecule has 0 spiro atoms. The molecule has 3 aliphatic heterocycles. The molecule has 0 saturated carbocycles. The van der Waals surface area contributed by atoms with Crippen molar-refractivity contribution in [2.45, 2.75) is 64.3 Å². The zero-order valence-corrected chi connectivity index (χ0v) is 11.7. The fourth-order valence-corrected chi connectivity index (χ4v) is 4.07. The molecule has 4 nitrogen and oxygen atoms in total. The van der Waals surface area contributed by atoms with Gasteiger partial charge in [-0.25, -0.2) is 0 Å². The lowest BCUT2D eigenvalue weighted by Crippen LogP contribution is -2.48. The first-order chi connectivity index (χ1) is 8.59. The van der Waals surface area contributed by atoms with Gasteiger partial charge in [0.2, 0.25) is 5.91 Å². The number of nitrogens with zero attached hydrogens (tertiary/aromatic N) is 2. The van der Waals surface area contributed by atoms with E-state index in [0.717, 1.165) is 6.42 Å². The first-order valence-electron chi connectivity index (χ1n) is 7.42. The van der Waals surface area contributed by atoms with Gasteiger partial charge in [0.25, 0.3) is 0 Å². The van der Waals surface area contributed by atoms with E-state index in [-0.39, 0.29) is 12.2 Å². The van der Waals surface area contributed by atoms with E-state index in [9.17, 15) is 4.79 Å². The maximum atomic E-state index is 12.6. The predicted octanol–water partition coefficient (Wildman–Crippen LogP) is 1.03. The summed E-state index contributed by atoms with van der Waals surface area (Å²) < 4.78 is 0. The number of rotatable bonds is 2. The SMILES string of the molecule is CC(C)C1NC(C)N(C2CCN3CCCC23)C1=O. The fraction of sp³-hybridized carbons (Fsp3) is 0.929. The molecule has 3 heterocycles. The van der Waals surface area contributed by atoms with Gasteiger partial charge in [0.15, 0.2) is 0 Å². The van der Waals surface area contributed by atoms with Gasteiger partial charge in [-0.15, -0.1) is 0 Å². The summed E-state index contributed by atoms with van der Waals surface area (Å²) in [5, 5.41) is 3.47. The molecular weight excluding hydrogens is 226 g/mol. The molecule has 0 radical (unpaired) electrons. The number of fused-ring (bicyclic) bond motifs is 1. The van der Waals surface area contributed by atoms with Crippen LogP contribution in [0.25, 0.3) is 0 Å². The number of hydrogen-bond donors (Lipinski definition) is 1. The zero-order valence-electron chi connectivity index (χ0n) is 11.7. The van der Waals surface area contributed by atoms with E-state index < -0.39 is 0 Å². The maximum Gasteiger partial charge on any atom is 0.241 e. The van der Waals surface area contributed by atoms with Crippen LogP contribution in [-0.2, 0) is 4.79 Å². The van der Waals surface area contributed by atoms with Crippen LogP contribution in [0.3, 0.4) is 0 Å². The van der Waals surface area contributed by atoms with E-state index in [1.165, 1.54) is 25.9 Å².